The molecular weight excluding hydrogens is 296 g/mol. The number of non-ortho nitro benzene ring substituents is 1. The van der Waals surface area contributed by atoms with Gasteiger partial charge in [0.05, 0.1) is 22.0 Å². The lowest BCUT2D eigenvalue weighted by Gasteiger charge is -1.99. The van der Waals surface area contributed by atoms with Gasteiger partial charge >= 0.3 is 5.97 Å². The summed E-state index contributed by atoms with van der Waals surface area (Å²) in [5.74, 6) is -1.10. The zero-order chi connectivity index (χ0) is 15.4. The number of methoxy groups -OCH3 is 1. The SMILES string of the molecule is COC(=O)/C=C1\SC(Cc2ccc([N+](=O)[O-])cc2)=NC1=O. The molecule has 0 saturated heterocycles. The molecule has 0 saturated carbocycles. The van der Waals surface area contributed by atoms with Crippen molar-refractivity contribution in [1.29, 1.82) is 0 Å². The van der Waals surface area contributed by atoms with E-state index in [4.69, 9.17) is 0 Å². The van der Waals surface area contributed by atoms with Crippen LogP contribution in [0.3, 0.4) is 0 Å². The molecule has 0 radical (unpaired) electrons. The molecule has 7 nitrogen and oxygen atoms in total. The number of carbonyl (C=O) groups is 2. The first-order chi connectivity index (χ1) is 9.99. The number of hydrogen-bond donors (Lipinski definition) is 0. The van der Waals surface area contributed by atoms with Crippen molar-refractivity contribution >= 4 is 34.4 Å². The van der Waals surface area contributed by atoms with Crippen LogP contribution in [-0.4, -0.2) is 29.0 Å². The number of esters is 1. The molecule has 0 bridgehead atoms. The molecule has 0 fully saturated rings. The lowest BCUT2D eigenvalue weighted by molar-refractivity contribution is -0.384. The minimum atomic E-state index is -0.613. The second-order valence-electron chi connectivity index (χ2n) is 4.04. The van der Waals surface area contributed by atoms with Crippen LogP contribution in [0.5, 0.6) is 0 Å². The van der Waals surface area contributed by atoms with Crippen molar-refractivity contribution in [3.8, 4) is 0 Å². The molecular formula is C13H10N2O5S. The van der Waals surface area contributed by atoms with Crippen LogP contribution in [0, 0.1) is 10.1 Å². The predicted octanol–water partition coefficient (Wildman–Crippen LogP) is 1.87. The Labute approximate surface area is 123 Å². The number of nitro groups is 1. The Hall–Kier alpha value is -2.48. The largest absolute Gasteiger partial charge is 0.466 e. The number of rotatable bonds is 4. The van der Waals surface area contributed by atoms with Gasteiger partial charge in [-0.25, -0.2) is 9.79 Å². The van der Waals surface area contributed by atoms with Crippen LogP contribution in [0.2, 0.25) is 0 Å². The highest BCUT2D eigenvalue weighted by Gasteiger charge is 2.23. The van der Waals surface area contributed by atoms with Crippen molar-refractivity contribution in [2.75, 3.05) is 7.11 Å². The van der Waals surface area contributed by atoms with Gasteiger partial charge in [-0.15, -0.1) is 0 Å². The van der Waals surface area contributed by atoms with Crippen LogP contribution in [0.15, 0.2) is 40.2 Å². The van der Waals surface area contributed by atoms with E-state index >= 15 is 0 Å². The topological polar surface area (TPSA) is 98.9 Å². The standard InChI is InChI=1S/C13H10N2O5S/c1-20-12(16)7-10-13(17)14-11(21-10)6-8-2-4-9(5-3-8)15(18)19/h2-5,7H,6H2,1H3/b10-7-. The van der Waals surface area contributed by atoms with Crippen LogP contribution < -0.4 is 0 Å². The molecule has 1 aromatic rings. The van der Waals surface area contributed by atoms with Crippen molar-refractivity contribution < 1.29 is 19.2 Å². The first kappa shape index (κ1) is 14.9. The molecule has 1 aromatic carbocycles. The molecule has 1 aliphatic heterocycles. The number of ether oxygens (including phenoxy) is 1. The molecule has 0 aliphatic carbocycles. The van der Waals surface area contributed by atoms with Gasteiger partial charge in [-0.1, -0.05) is 23.9 Å². The van der Waals surface area contributed by atoms with E-state index in [1.165, 1.54) is 19.2 Å². The fourth-order valence-corrected chi connectivity index (χ4v) is 2.51. The molecule has 1 amide bonds. The van der Waals surface area contributed by atoms with Crippen molar-refractivity contribution in [3.05, 3.63) is 50.9 Å². The van der Waals surface area contributed by atoms with Gasteiger partial charge < -0.3 is 4.74 Å². The summed E-state index contributed by atoms with van der Waals surface area (Å²) in [6.07, 6.45) is 1.46. The molecule has 8 heteroatoms. The molecule has 2 rings (SSSR count). The van der Waals surface area contributed by atoms with Gasteiger partial charge in [0.15, 0.2) is 0 Å². The average molecular weight is 306 g/mol. The third-order valence-electron chi connectivity index (χ3n) is 2.62. The Morgan fingerprint density at radius 1 is 1.43 bits per heavy atom. The minimum absolute atomic E-state index is 0.00196. The number of carbonyl (C=O) groups excluding carboxylic acids is 2. The minimum Gasteiger partial charge on any atom is -0.466 e. The van der Waals surface area contributed by atoms with Crippen molar-refractivity contribution in [2.45, 2.75) is 6.42 Å². The Bertz CT molecular complexity index is 664. The van der Waals surface area contributed by atoms with E-state index in [0.29, 0.717) is 11.5 Å². The number of amides is 1. The lowest BCUT2D eigenvalue weighted by Crippen LogP contribution is -1.98. The van der Waals surface area contributed by atoms with Crippen molar-refractivity contribution in [1.82, 2.24) is 0 Å². The molecule has 21 heavy (non-hydrogen) atoms. The van der Waals surface area contributed by atoms with Crippen LogP contribution in [0.4, 0.5) is 5.69 Å². The molecule has 0 aromatic heterocycles. The quantitative estimate of drug-likeness (QED) is 0.364. The Kier molecular flexibility index (Phi) is 4.49. The summed E-state index contributed by atoms with van der Waals surface area (Å²) < 4.78 is 4.45. The summed E-state index contributed by atoms with van der Waals surface area (Å²) in [6, 6.07) is 5.99. The maximum atomic E-state index is 11.6. The van der Waals surface area contributed by atoms with Gasteiger partial charge in [0.2, 0.25) is 0 Å². The average Bonchev–Trinajstić information content (AvgIpc) is 2.79. The van der Waals surface area contributed by atoms with E-state index in [9.17, 15) is 19.7 Å². The maximum Gasteiger partial charge on any atom is 0.331 e. The fourth-order valence-electron chi connectivity index (χ4n) is 1.60. The van der Waals surface area contributed by atoms with E-state index in [-0.39, 0.29) is 10.6 Å². The highest BCUT2D eigenvalue weighted by molar-refractivity contribution is 8.18. The van der Waals surface area contributed by atoms with Gasteiger partial charge in [0.1, 0.15) is 0 Å². The maximum absolute atomic E-state index is 11.6. The number of nitrogens with zero attached hydrogens (tertiary/aromatic N) is 2. The van der Waals surface area contributed by atoms with E-state index in [2.05, 4.69) is 9.73 Å². The van der Waals surface area contributed by atoms with Gasteiger partial charge in [-0.2, -0.15) is 0 Å². The second-order valence-corrected chi connectivity index (χ2v) is 5.16. The summed E-state index contributed by atoms with van der Waals surface area (Å²) in [5.41, 5.74) is 0.793. The number of benzene rings is 1. The van der Waals surface area contributed by atoms with E-state index in [1.807, 2.05) is 0 Å². The summed E-state index contributed by atoms with van der Waals surface area (Å²) >= 11 is 1.09. The highest BCUT2D eigenvalue weighted by atomic mass is 32.2. The predicted molar refractivity (Wildman–Crippen MR) is 76.9 cm³/mol. The van der Waals surface area contributed by atoms with Crippen molar-refractivity contribution in [2.24, 2.45) is 4.99 Å². The summed E-state index contributed by atoms with van der Waals surface area (Å²) in [4.78, 5) is 36.8. The monoisotopic (exact) mass is 306 g/mol. The number of hydrogen-bond acceptors (Lipinski definition) is 6. The van der Waals surface area contributed by atoms with Gasteiger partial charge in [-0.3, -0.25) is 14.9 Å². The molecule has 108 valence electrons. The number of nitro benzene ring substituents is 1. The molecule has 1 heterocycles. The molecule has 1 aliphatic rings. The molecule has 0 N–H and O–H groups in total. The number of aliphatic imine (C=N–C) groups is 1. The zero-order valence-electron chi connectivity index (χ0n) is 10.9. The zero-order valence-corrected chi connectivity index (χ0v) is 11.8. The lowest BCUT2D eigenvalue weighted by atomic mass is 10.1. The Morgan fingerprint density at radius 3 is 2.67 bits per heavy atom. The summed E-state index contributed by atoms with van der Waals surface area (Å²) in [5, 5.41) is 11.1. The van der Waals surface area contributed by atoms with Crippen LogP contribution >= 0.6 is 11.8 Å². The van der Waals surface area contributed by atoms with E-state index in [1.54, 1.807) is 12.1 Å². The van der Waals surface area contributed by atoms with Gasteiger partial charge in [0, 0.05) is 24.6 Å². The first-order valence-electron chi connectivity index (χ1n) is 5.82. The molecule has 0 unspecified atom stereocenters. The number of thioether (sulfide) groups is 1. The summed E-state index contributed by atoms with van der Waals surface area (Å²) in [6.45, 7) is 0. The fraction of sp³-hybridized carbons (Fsp3) is 0.154. The van der Waals surface area contributed by atoms with Gasteiger partial charge in [0.25, 0.3) is 11.6 Å². The third-order valence-corrected chi connectivity index (χ3v) is 3.60. The van der Waals surface area contributed by atoms with E-state index < -0.39 is 16.8 Å². The van der Waals surface area contributed by atoms with E-state index in [0.717, 1.165) is 23.4 Å². The Morgan fingerprint density at radius 2 is 2.10 bits per heavy atom. The third kappa shape index (κ3) is 3.76. The van der Waals surface area contributed by atoms with Crippen LogP contribution in [0.25, 0.3) is 0 Å². The second kappa shape index (κ2) is 6.31. The first-order valence-corrected chi connectivity index (χ1v) is 6.64. The van der Waals surface area contributed by atoms with Gasteiger partial charge in [-0.05, 0) is 5.56 Å². The van der Waals surface area contributed by atoms with Crippen LogP contribution in [0.1, 0.15) is 5.56 Å². The van der Waals surface area contributed by atoms with Crippen LogP contribution in [-0.2, 0) is 20.7 Å². The van der Waals surface area contributed by atoms with Crippen molar-refractivity contribution in [3.63, 3.8) is 0 Å². The smallest absolute Gasteiger partial charge is 0.331 e. The molecule has 0 spiro atoms. The Balaban J connectivity index is 2.06. The molecule has 0 atom stereocenters. The summed E-state index contributed by atoms with van der Waals surface area (Å²) in [7, 11) is 1.22. The highest BCUT2D eigenvalue weighted by Crippen LogP contribution is 2.28. The normalized spacial score (nSPS) is 16.0.